The van der Waals surface area contributed by atoms with Crippen LogP contribution in [0.2, 0.25) is 0 Å². The number of ketones is 1. The van der Waals surface area contributed by atoms with E-state index < -0.39 is 18.1 Å². The van der Waals surface area contributed by atoms with E-state index in [0.717, 1.165) is 29.8 Å². The summed E-state index contributed by atoms with van der Waals surface area (Å²) in [5.74, 6) is -1.59. The summed E-state index contributed by atoms with van der Waals surface area (Å²) in [7, 11) is 0. The molecule has 3 rings (SSSR count). The summed E-state index contributed by atoms with van der Waals surface area (Å²) in [6.07, 6.45) is 5.62. The summed E-state index contributed by atoms with van der Waals surface area (Å²) in [5.41, 5.74) is 7.99. The van der Waals surface area contributed by atoms with Gasteiger partial charge in [0.25, 0.3) is 0 Å². The Bertz CT molecular complexity index is 1060. The second-order valence-corrected chi connectivity index (χ2v) is 9.24. The molecular weight excluding hydrogens is 472 g/mol. The first-order valence-electron chi connectivity index (χ1n) is 12.3. The molecule has 2 amide bonds. The van der Waals surface area contributed by atoms with E-state index >= 15 is 0 Å². The van der Waals surface area contributed by atoms with Gasteiger partial charge < -0.3 is 21.1 Å². The third-order valence-electron chi connectivity index (χ3n) is 5.96. The number of hydrogen-bond acceptors (Lipinski definition) is 6. The van der Waals surface area contributed by atoms with Gasteiger partial charge in [0, 0.05) is 30.9 Å². The van der Waals surface area contributed by atoms with Crippen LogP contribution in [0.25, 0.3) is 0 Å². The summed E-state index contributed by atoms with van der Waals surface area (Å²) in [6, 6.07) is 14.4. The molecule has 9 nitrogen and oxygen atoms in total. The molecule has 2 aromatic rings. The number of hydrogen-bond donors (Lipinski definition) is 3. The van der Waals surface area contributed by atoms with Crippen molar-refractivity contribution in [2.45, 2.75) is 58.2 Å². The van der Waals surface area contributed by atoms with Crippen LogP contribution in [0.15, 0.2) is 66.9 Å². The Morgan fingerprint density at radius 1 is 1.11 bits per heavy atom. The molecule has 2 heterocycles. The molecule has 3 atom stereocenters. The minimum absolute atomic E-state index is 0.0352. The quantitative estimate of drug-likeness (QED) is 0.442. The number of nitrogens with two attached hydrogens (primary N) is 1. The van der Waals surface area contributed by atoms with Crippen LogP contribution < -0.4 is 11.1 Å². The van der Waals surface area contributed by atoms with E-state index in [1.54, 1.807) is 11.1 Å². The van der Waals surface area contributed by atoms with Crippen LogP contribution >= 0.6 is 0 Å². The molecule has 37 heavy (non-hydrogen) atoms. The van der Waals surface area contributed by atoms with Crippen LogP contribution in [-0.4, -0.2) is 57.2 Å². The number of aliphatic carboxylic acids is 1. The Kier molecular flexibility index (Phi) is 11.6. The molecule has 9 heteroatoms. The highest BCUT2D eigenvalue weighted by molar-refractivity contribution is 5.93. The fourth-order valence-corrected chi connectivity index (χ4v) is 3.90. The molecule has 1 saturated heterocycles. The molecule has 1 fully saturated rings. The van der Waals surface area contributed by atoms with Gasteiger partial charge in [-0.2, -0.15) is 0 Å². The van der Waals surface area contributed by atoms with Crippen molar-refractivity contribution in [3.8, 4) is 0 Å². The fraction of sp³-hybridized carbons (Fsp3) is 0.393. The standard InChI is InChI=1S/C23H30N4O2.C5H6O3/c1-16(2)21(24)23(29)27-14-8-12-20(27)22(28)26-19(17-9-4-3-5-10-17)15-18-11-6-7-13-25-18;1-4(6)2-3-5(7)8/h3-7,9-11,13,16,19-21H,8,12,14-15,24H2,1-2H3,(H,26,28);2-3H,1H3,(H,7,8)/b;3-2+/t19-,20-,21-;/m0./s1. The number of carboxylic acid groups (broad SMARTS) is 1. The molecule has 0 spiro atoms. The van der Waals surface area contributed by atoms with Crippen LogP contribution in [0, 0.1) is 5.92 Å². The molecular formula is C28H36N4O5. The SMILES string of the molecule is CC(=O)/C=C/C(=O)O.CC(C)[C@H](N)C(=O)N1CCC[C@H]1C(=O)N[C@@H](Cc1ccccn1)c1ccccc1. The number of likely N-dealkylation sites (tertiary alicyclic amines) is 1. The third kappa shape index (κ3) is 9.61. The number of nitrogens with zero attached hydrogens (tertiary/aromatic N) is 2. The molecule has 1 aromatic carbocycles. The second-order valence-electron chi connectivity index (χ2n) is 9.24. The van der Waals surface area contributed by atoms with Gasteiger partial charge in [0.1, 0.15) is 6.04 Å². The number of allylic oxidation sites excluding steroid dienone is 1. The lowest BCUT2D eigenvalue weighted by Crippen LogP contribution is -2.53. The maximum Gasteiger partial charge on any atom is 0.328 e. The molecule has 0 unspecified atom stereocenters. The minimum atomic E-state index is -1.10. The highest BCUT2D eigenvalue weighted by Gasteiger charge is 2.37. The first-order valence-corrected chi connectivity index (χ1v) is 12.3. The van der Waals surface area contributed by atoms with E-state index in [2.05, 4.69) is 10.3 Å². The van der Waals surface area contributed by atoms with Gasteiger partial charge in [-0.1, -0.05) is 50.2 Å². The highest BCUT2D eigenvalue weighted by atomic mass is 16.4. The van der Waals surface area contributed by atoms with Gasteiger partial charge >= 0.3 is 5.97 Å². The number of pyridine rings is 1. The average molecular weight is 509 g/mol. The molecule has 0 saturated carbocycles. The Hall–Kier alpha value is -3.85. The van der Waals surface area contributed by atoms with E-state index in [9.17, 15) is 19.2 Å². The van der Waals surface area contributed by atoms with E-state index in [0.29, 0.717) is 19.4 Å². The van der Waals surface area contributed by atoms with Gasteiger partial charge in [0.05, 0.1) is 12.1 Å². The van der Waals surface area contributed by atoms with E-state index in [-0.39, 0.29) is 29.6 Å². The number of carboxylic acids is 1. The number of amides is 2. The van der Waals surface area contributed by atoms with Gasteiger partial charge in [-0.25, -0.2) is 4.79 Å². The number of nitrogens with one attached hydrogen (secondary N) is 1. The topological polar surface area (TPSA) is 143 Å². The molecule has 1 aliphatic heterocycles. The molecule has 0 bridgehead atoms. The zero-order valence-corrected chi connectivity index (χ0v) is 21.5. The Morgan fingerprint density at radius 2 is 1.78 bits per heavy atom. The summed E-state index contributed by atoms with van der Waals surface area (Å²) in [4.78, 5) is 51.6. The lowest BCUT2D eigenvalue weighted by molar-refractivity contribution is -0.140. The number of carbonyl (C=O) groups excluding carboxylic acids is 3. The summed E-state index contributed by atoms with van der Waals surface area (Å²) in [6.45, 7) is 5.71. The van der Waals surface area contributed by atoms with Crippen LogP contribution in [0.3, 0.4) is 0 Å². The van der Waals surface area contributed by atoms with Crippen molar-refractivity contribution in [1.82, 2.24) is 15.2 Å². The molecule has 1 aromatic heterocycles. The van der Waals surface area contributed by atoms with Crippen molar-refractivity contribution >= 4 is 23.6 Å². The molecule has 4 N–H and O–H groups in total. The fourth-order valence-electron chi connectivity index (χ4n) is 3.90. The smallest absolute Gasteiger partial charge is 0.328 e. The third-order valence-corrected chi connectivity index (χ3v) is 5.96. The monoisotopic (exact) mass is 508 g/mol. The summed E-state index contributed by atoms with van der Waals surface area (Å²) < 4.78 is 0. The summed E-state index contributed by atoms with van der Waals surface area (Å²) >= 11 is 0. The van der Waals surface area contributed by atoms with Crippen molar-refractivity contribution < 1.29 is 24.3 Å². The zero-order chi connectivity index (χ0) is 27.4. The van der Waals surface area contributed by atoms with Crippen LogP contribution in [0.1, 0.15) is 50.9 Å². The Morgan fingerprint density at radius 3 is 2.32 bits per heavy atom. The first kappa shape index (κ1) is 29.4. The van der Waals surface area contributed by atoms with E-state index in [1.807, 2.05) is 62.4 Å². The minimum Gasteiger partial charge on any atom is -0.478 e. The van der Waals surface area contributed by atoms with Crippen LogP contribution in [-0.2, 0) is 25.6 Å². The van der Waals surface area contributed by atoms with Crippen molar-refractivity contribution in [3.63, 3.8) is 0 Å². The van der Waals surface area contributed by atoms with Crippen molar-refractivity contribution in [2.24, 2.45) is 11.7 Å². The maximum absolute atomic E-state index is 13.2. The predicted molar refractivity (Wildman–Crippen MR) is 140 cm³/mol. The highest BCUT2D eigenvalue weighted by Crippen LogP contribution is 2.23. The number of rotatable bonds is 9. The summed E-state index contributed by atoms with van der Waals surface area (Å²) in [5, 5.41) is 11.1. The lowest BCUT2D eigenvalue weighted by atomic mass is 10.0. The molecule has 1 aliphatic rings. The Balaban J connectivity index is 0.000000521. The number of benzene rings is 1. The van der Waals surface area contributed by atoms with Gasteiger partial charge in [-0.05, 0) is 49.5 Å². The zero-order valence-electron chi connectivity index (χ0n) is 21.5. The van der Waals surface area contributed by atoms with Crippen molar-refractivity contribution in [1.29, 1.82) is 0 Å². The maximum atomic E-state index is 13.2. The van der Waals surface area contributed by atoms with Crippen LogP contribution in [0.4, 0.5) is 0 Å². The van der Waals surface area contributed by atoms with Gasteiger partial charge in [-0.3, -0.25) is 19.4 Å². The van der Waals surface area contributed by atoms with Crippen molar-refractivity contribution in [3.05, 3.63) is 78.1 Å². The molecule has 198 valence electrons. The molecule has 0 aliphatic carbocycles. The van der Waals surface area contributed by atoms with Crippen LogP contribution in [0.5, 0.6) is 0 Å². The first-order chi connectivity index (χ1) is 17.6. The van der Waals surface area contributed by atoms with Gasteiger partial charge in [0.15, 0.2) is 5.78 Å². The second kappa shape index (κ2) is 14.6. The normalized spacial score (nSPS) is 16.6. The number of carbonyl (C=O) groups is 4. The average Bonchev–Trinajstić information content (AvgIpc) is 3.38. The van der Waals surface area contributed by atoms with Gasteiger partial charge in [-0.15, -0.1) is 0 Å². The van der Waals surface area contributed by atoms with E-state index in [1.165, 1.54) is 6.92 Å². The molecule has 0 radical (unpaired) electrons. The Labute approximate surface area is 217 Å². The largest absolute Gasteiger partial charge is 0.478 e. The van der Waals surface area contributed by atoms with E-state index in [4.69, 9.17) is 10.8 Å². The predicted octanol–water partition coefficient (Wildman–Crippen LogP) is 2.67. The van der Waals surface area contributed by atoms with Gasteiger partial charge in [0.2, 0.25) is 11.8 Å². The lowest BCUT2D eigenvalue weighted by Gasteiger charge is -2.29. The number of aromatic nitrogens is 1. The van der Waals surface area contributed by atoms with Crippen molar-refractivity contribution in [2.75, 3.05) is 6.54 Å².